The highest BCUT2D eigenvalue weighted by atomic mass is 32.1. The summed E-state index contributed by atoms with van der Waals surface area (Å²) in [6, 6.07) is 2.38. The topological polar surface area (TPSA) is 81.8 Å². The Labute approximate surface area is 146 Å². The van der Waals surface area contributed by atoms with Gasteiger partial charge in [-0.3, -0.25) is 0 Å². The highest BCUT2D eigenvalue weighted by molar-refractivity contribution is 7.09. The van der Waals surface area contributed by atoms with E-state index in [4.69, 9.17) is 4.98 Å². The molecule has 0 spiro atoms. The molecule has 8 heteroatoms. The average Bonchev–Trinajstić information content (AvgIpc) is 3.04. The fraction of sp³-hybridized carbons (Fsp3) is 0.562. The van der Waals surface area contributed by atoms with E-state index in [1.54, 1.807) is 12.4 Å². The molecule has 0 N–H and O–H groups in total. The minimum atomic E-state index is -0.0405. The lowest BCUT2D eigenvalue weighted by atomic mass is 9.96. The van der Waals surface area contributed by atoms with Gasteiger partial charge in [0.05, 0.1) is 0 Å². The van der Waals surface area contributed by atoms with E-state index >= 15 is 0 Å². The van der Waals surface area contributed by atoms with Gasteiger partial charge in [-0.1, -0.05) is 20.8 Å². The lowest BCUT2D eigenvalue weighted by molar-refractivity contribution is 0.534. The van der Waals surface area contributed by atoms with Gasteiger partial charge < -0.3 is 9.80 Å². The van der Waals surface area contributed by atoms with E-state index in [9.17, 15) is 5.26 Å². The molecule has 0 aromatic carbocycles. The normalized spacial score (nSPS) is 18.5. The second-order valence-corrected chi connectivity index (χ2v) is 7.71. The summed E-state index contributed by atoms with van der Waals surface area (Å²) < 4.78 is 4.51. The minimum absolute atomic E-state index is 0.0405. The van der Waals surface area contributed by atoms with Gasteiger partial charge in [0.1, 0.15) is 11.9 Å². The second kappa shape index (κ2) is 6.32. The van der Waals surface area contributed by atoms with Crippen LogP contribution in [0.4, 0.5) is 10.9 Å². The van der Waals surface area contributed by atoms with Gasteiger partial charge in [0.25, 0.3) is 0 Å². The quantitative estimate of drug-likeness (QED) is 0.827. The molecule has 0 bridgehead atoms. The van der Waals surface area contributed by atoms with Gasteiger partial charge in [-0.05, 0) is 6.92 Å². The van der Waals surface area contributed by atoms with Crippen molar-refractivity contribution >= 4 is 22.5 Å². The molecular weight excluding hydrogens is 322 g/mol. The Morgan fingerprint density at radius 3 is 2.62 bits per heavy atom. The molecule has 126 valence electrons. The van der Waals surface area contributed by atoms with E-state index in [1.807, 2.05) is 0 Å². The Balaban J connectivity index is 1.76. The molecule has 1 saturated heterocycles. The average molecular weight is 343 g/mol. The molecule has 2 aromatic heterocycles. The van der Waals surface area contributed by atoms with Gasteiger partial charge in [0.2, 0.25) is 5.13 Å². The fourth-order valence-electron chi connectivity index (χ4n) is 2.71. The number of piperazine rings is 1. The van der Waals surface area contributed by atoms with Crippen molar-refractivity contribution in [2.24, 2.45) is 0 Å². The number of aromatic nitrogens is 4. The van der Waals surface area contributed by atoms with Gasteiger partial charge in [0, 0.05) is 55.0 Å². The maximum absolute atomic E-state index is 9.22. The molecular formula is C16H21N7S. The Hall–Kier alpha value is -2.27. The Bertz CT molecular complexity index is 758. The standard InChI is InChI=1S/C16H21N7S/c1-11-10-22(13-12(9-17)18-5-6-19-13)7-8-23(11)15-20-14(21-24-15)16(2,3)4/h5-6,11H,7-8,10H2,1-4H3. The van der Waals surface area contributed by atoms with Crippen LogP contribution in [0, 0.1) is 11.3 Å². The van der Waals surface area contributed by atoms with Crippen LogP contribution in [-0.2, 0) is 5.41 Å². The Morgan fingerprint density at radius 2 is 2.00 bits per heavy atom. The second-order valence-electron chi connectivity index (χ2n) is 6.98. The van der Waals surface area contributed by atoms with Crippen LogP contribution >= 0.6 is 11.5 Å². The van der Waals surface area contributed by atoms with E-state index in [0.29, 0.717) is 11.5 Å². The summed E-state index contributed by atoms with van der Waals surface area (Å²) in [5, 5.41) is 10.2. The zero-order valence-corrected chi connectivity index (χ0v) is 15.2. The van der Waals surface area contributed by atoms with Crippen LogP contribution in [0.5, 0.6) is 0 Å². The van der Waals surface area contributed by atoms with E-state index in [2.05, 4.69) is 57.9 Å². The molecule has 0 radical (unpaired) electrons. The van der Waals surface area contributed by atoms with Gasteiger partial charge in [-0.2, -0.15) is 9.64 Å². The Morgan fingerprint density at radius 1 is 1.25 bits per heavy atom. The summed E-state index contributed by atoms with van der Waals surface area (Å²) in [7, 11) is 0. The molecule has 1 unspecified atom stereocenters. The third-order valence-electron chi connectivity index (χ3n) is 4.04. The van der Waals surface area contributed by atoms with Crippen molar-refractivity contribution in [2.75, 3.05) is 29.4 Å². The SMILES string of the molecule is CC1CN(c2nccnc2C#N)CCN1c1nc(C(C)(C)C)ns1. The van der Waals surface area contributed by atoms with E-state index in [-0.39, 0.29) is 11.5 Å². The lowest BCUT2D eigenvalue weighted by Crippen LogP contribution is -2.52. The largest absolute Gasteiger partial charge is 0.350 e. The molecule has 1 fully saturated rings. The van der Waals surface area contributed by atoms with Crippen molar-refractivity contribution in [2.45, 2.75) is 39.2 Å². The van der Waals surface area contributed by atoms with E-state index in [1.165, 1.54) is 11.5 Å². The molecule has 0 amide bonds. The number of rotatable bonds is 2. The summed E-state index contributed by atoms with van der Waals surface area (Å²) in [5.74, 6) is 1.55. The molecule has 3 heterocycles. The molecule has 7 nitrogen and oxygen atoms in total. The number of nitrogens with zero attached hydrogens (tertiary/aromatic N) is 7. The van der Waals surface area contributed by atoms with E-state index in [0.717, 1.165) is 30.6 Å². The summed E-state index contributed by atoms with van der Waals surface area (Å²) in [5.41, 5.74) is 0.338. The van der Waals surface area contributed by atoms with Crippen LogP contribution in [0.2, 0.25) is 0 Å². The first-order valence-electron chi connectivity index (χ1n) is 7.97. The molecule has 1 aliphatic heterocycles. The minimum Gasteiger partial charge on any atom is -0.350 e. The summed E-state index contributed by atoms with van der Waals surface area (Å²) in [4.78, 5) is 17.6. The molecule has 1 aliphatic rings. The smallest absolute Gasteiger partial charge is 0.205 e. The first-order chi connectivity index (χ1) is 11.4. The zero-order valence-electron chi connectivity index (χ0n) is 14.4. The van der Waals surface area contributed by atoms with Crippen LogP contribution in [0.25, 0.3) is 0 Å². The number of anilines is 2. The van der Waals surface area contributed by atoms with Crippen LogP contribution in [0.3, 0.4) is 0 Å². The highest BCUT2D eigenvalue weighted by Crippen LogP contribution is 2.28. The van der Waals surface area contributed by atoms with E-state index < -0.39 is 0 Å². The molecule has 1 atom stereocenters. The van der Waals surface area contributed by atoms with Crippen LogP contribution in [-0.4, -0.2) is 45.0 Å². The highest BCUT2D eigenvalue weighted by Gasteiger charge is 2.29. The van der Waals surface area contributed by atoms with Crippen molar-refractivity contribution in [1.82, 2.24) is 19.3 Å². The third kappa shape index (κ3) is 3.17. The fourth-order valence-corrected chi connectivity index (χ4v) is 3.70. The van der Waals surface area contributed by atoms with Gasteiger partial charge in [-0.25, -0.2) is 15.0 Å². The molecule has 3 rings (SSSR count). The number of hydrogen-bond acceptors (Lipinski definition) is 8. The Kier molecular flexibility index (Phi) is 4.37. The summed E-state index contributed by atoms with van der Waals surface area (Å²) in [6.07, 6.45) is 3.19. The van der Waals surface area contributed by atoms with Crippen molar-refractivity contribution in [3.05, 3.63) is 23.9 Å². The van der Waals surface area contributed by atoms with Crippen LogP contribution in [0.1, 0.15) is 39.2 Å². The number of nitriles is 1. The first kappa shape index (κ1) is 16.6. The third-order valence-corrected chi connectivity index (χ3v) is 4.80. The maximum Gasteiger partial charge on any atom is 0.205 e. The van der Waals surface area contributed by atoms with Crippen LogP contribution < -0.4 is 9.80 Å². The van der Waals surface area contributed by atoms with Gasteiger partial charge >= 0.3 is 0 Å². The summed E-state index contributed by atoms with van der Waals surface area (Å²) >= 11 is 1.46. The predicted octanol–water partition coefficient (Wildman–Crippen LogP) is 2.21. The first-order valence-corrected chi connectivity index (χ1v) is 8.74. The van der Waals surface area contributed by atoms with Crippen LogP contribution in [0.15, 0.2) is 12.4 Å². The molecule has 0 aliphatic carbocycles. The predicted molar refractivity (Wildman–Crippen MR) is 94.4 cm³/mol. The summed E-state index contributed by atoms with van der Waals surface area (Å²) in [6.45, 7) is 10.9. The van der Waals surface area contributed by atoms with Crippen molar-refractivity contribution in [3.63, 3.8) is 0 Å². The van der Waals surface area contributed by atoms with Crippen molar-refractivity contribution < 1.29 is 0 Å². The molecule has 0 saturated carbocycles. The maximum atomic E-state index is 9.22. The number of hydrogen-bond donors (Lipinski definition) is 0. The monoisotopic (exact) mass is 343 g/mol. The van der Waals surface area contributed by atoms with Gasteiger partial charge in [0.15, 0.2) is 11.5 Å². The molecule has 2 aromatic rings. The lowest BCUT2D eigenvalue weighted by Gasteiger charge is -2.40. The zero-order chi connectivity index (χ0) is 17.3. The van der Waals surface area contributed by atoms with Crippen molar-refractivity contribution in [1.29, 1.82) is 5.26 Å². The molecule has 24 heavy (non-hydrogen) atoms. The van der Waals surface area contributed by atoms with Gasteiger partial charge in [-0.15, -0.1) is 0 Å². The van der Waals surface area contributed by atoms with Crippen molar-refractivity contribution in [3.8, 4) is 6.07 Å².